The predicted molar refractivity (Wildman–Crippen MR) is 371 cm³/mol. The molecule has 15 rings (SSSR count). The smallest absolute Gasteiger partial charge is 0.100 e. The average Bonchev–Trinajstić information content (AvgIpc) is 0.850. The molecule has 0 aliphatic heterocycles. The van der Waals surface area contributed by atoms with Gasteiger partial charge >= 0.3 is 0 Å². The van der Waals surface area contributed by atoms with Gasteiger partial charge in [-0.2, -0.15) is 5.26 Å². The minimum atomic E-state index is 0.500. The van der Waals surface area contributed by atoms with Crippen LogP contribution in [0.4, 0.5) is 0 Å². The number of hydrogen-bond donors (Lipinski definition) is 0. The predicted octanol–water partition coefficient (Wildman–Crippen LogP) is 21.5. The fourth-order valence-corrected chi connectivity index (χ4v) is 13.0. The van der Waals surface area contributed by atoms with Crippen molar-refractivity contribution in [1.82, 2.24) is 24.5 Å². The van der Waals surface area contributed by atoms with Gasteiger partial charge in [0.25, 0.3) is 0 Å². The van der Waals surface area contributed by atoms with Gasteiger partial charge in [0, 0.05) is 72.4 Å². The summed E-state index contributed by atoms with van der Waals surface area (Å²) < 4.78 is 2.36. The number of nitriles is 1. The van der Waals surface area contributed by atoms with E-state index < -0.39 is 0 Å². The summed E-state index contributed by atoms with van der Waals surface area (Å²) in [5.74, 6) is 0. The molecule has 5 aromatic heterocycles. The van der Waals surface area contributed by atoms with Crippen LogP contribution in [0, 0.1) is 32.1 Å². The van der Waals surface area contributed by atoms with Crippen LogP contribution in [0.3, 0.4) is 0 Å². The van der Waals surface area contributed by atoms with E-state index in [-0.39, 0.29) is 0 Å². The molecule has 0 bridgehead atoms. The Kier molecular flexibility index (Phi) is 14.2. The molecule has 90 heavy (non-hydrogen) atoms. The minimum absolute atomic E-state index is 0.500. The first-order valence-electron chi connectivity index (χ1n) is 30.4. The Hall–Kier alpha value is -11.9. The number of hydrogen-bond acceptors (Lipinski definition) is 5. The number of fused-ring (bicyclic) bond motifs is 3. The van der Waals surface area contributed by atoms with Crippen LogP contribution in [0.15, 0.2) is 297 Å². The fraction of sp³-hybridized carbons (Fsp3) is 0.0357. The first-order valence-corrected chi connectivity index (χ1v) is 30.4. The Morgan fingerprint density at radius 2 is 0.589 bits per heavy atom. The standard InChI is InChI=1S/C84H58N6/c1-54-38-43-79-70(44-54)69-36-22-23-37-78(69)90(79)68-41-39-63(40-42-68)80-71(53-85)81(65-47-72(57-24-10-4-11-25-57)87-73(48-65)58-26-12-5-13-27-58)83(66-49-74(59-28-14-6-15-29-59)88-75(50-66)60-30-16-7-17-31-60)84(82(80)64-45-55(2)86-56(3)46-64)67-51-76(61-32-18-8-19-33-61)89-77(52-67)62-34-20-9-21-35-62/h4-52H,1-3H3. The normalized spacial score (nSPS) is 11.3. The number of benzene rings is 10. The Balaban J connectivity index is 1.16. The molecule has 10 aromatic carbocycles. The van der Waals surface area contributed by atoms with E-state index in [9.17, 15) is 5.26 Å². The molecule has 6 heteroatoms. The monoisotopic (exact) mass is 1150 g/mol. The Morgan fingerprint density at radius 1 is 0.267 bits per heavy atom. The first kappa shape index (κ1) is 54.7. The molecule has 0 atom stereocenters. The lowest BCUT2D eigenvalue weighted by molar-refractivity contribution is 1.12. The van der Waals surface area contributed by atoms with Gasteiger partial charge in [-0.1, -0.05) is 224 Å². The number of aryl methyl sites for hydroxylation is 3. The highest BCUT2D eigenvalue weighted by molar-refractivity contribution is 6.13. The Bertz CT molecular complexity index is 5040. The van der Waals surface area contributed by atoms with Crippen LogP contribution in [0.5, 0.6) is 0 Å². The van der Waals surface area contributed by atoms with Crippen LogP contribution < -0.4 is 0 Å². The van der Waals surface area contributed by atoms with Crippen molar-refractivity contribution in [2.75, 3.05) is 0 Å². The molecule has 0 N–H and O–H groups in total. The highest BCUT2D eigenvalue weighted by Crippen LogP contribution is 2.55. The van der Waals surface area contributed by atoms with Gasteiger partial charge in [-0.15, -0.1) is 0 Å². The maximum absolute atomic E-state index is 12.8. The van der Waals surface area contributed by atoms with Crippen molar-refractivity contribution >= 4 is 21.8 Å². The average molecular weight is 1150 g/mol. The van der Waals surface area contributed by atoms with E-state index in [0.29, 0.717) is 5.56 Å². The van der Waals surface area contributed by atoms with Gasteiger partial charge in [0.2, 0.25) is 0 Å². The third-order valence-electron chi connectivity index (χ3n) is 17.0. The van der Waals surface area contributed by atoms with Crippen molar-refractivity contribution < 1.29 is 0 Å². The van der Waals surface area contributed by atoms with E-state index >= 15 is 0 Å². The van der Waals surface area contributed by atoms with Crippen LogP contribution >= 0.6 is 0 Å². The zero-order valence-electron chi connectivity index (χ0n) is 50.0. The van der Waals surface area contributed by atoms with E-state index in [1.165, 1.54) is 16.3 Å². The summed E-state index contributed by atoms with van der Waals surface area (Å²) in [6, 6.07) is 107. The van der Waals surface area contributed by atoms with Gasteiger partial charge in [-0.25, -0.2) is 15.0 Å². The van der Waals surface area contributed by atoms with Gasteiger partial charge in [-0.05, 0) is 144 Å². The zero-order chi connectivity index (χ0) is 60.7. The SMILES string of the molecule is Cc1ccc2c(c1)c1ccccc1n2-c1ccc(-c2c(C#N)c(-c3cc(-c4ccccc4)nc(-c4ccccc4)c3)c(-c3cc(-c4ccccc4)nc(-c4ccccc4)c3)c(-c3cc(-c4ccccc4)nc(-c4ccccc4)c3)c2-c2cc(C)nc(C)c2)cc1. The van der Waals surface area contributed by atoms with Crippen molar-refractivity contribution in [2.24, 2.45) is 0 Å². The molecule has 6 nitrogen and oxygen atoms in total. The molecule has 0 saturated carbocycles. The molecule has 0 spiro atoms. The molecule has 0 radical (unpaired) electrons. The molecular formula is C84H58N6. The summed E-state index contributed by atoms with van der Waals surface area (Å²) in [5, 5.41) is 15.2. The Morgan fingerprint density at radius 3 is 0.978 bits per heavy atom. The van der Waals surface area contributed by atoms with Gasteiger partial charge in [-0.3, -0.25) is 4.98 Å². The number of aromatic nitrogens is 5. The largest absolute Gasteiger partial charge is 0.309 e. The lowest BCUT2D eigenvalue weighted by atomic mass is 9.75. The molecule has 0 saturated heterocycles. The maximum atomic E-state index is 12.8. The van der Waals surface area contributed by atoms with Gasteiger partial charge < -0.3 is 4.57 Å². The molecule has 424 valence electrons. The topological polar surface area (TPSA) is 80.3 Å². The summed E-state index contributed by atoms with van der Waals surface area (Å²) in [4.78, 5) is 21.5. The molecule has 0 aliphatic rings. The molecule has 15 aromatic rings. The van der Waals surface area contributed by atoms with Crippen molar-refractivity contribution in [3.05, 3.63) is 320 Å². The number of pyridine rings is 4. The van der Waals surface area contributed by atoms with Gasteiger partial charge in [0.15, 0.2) is 0 Å². The van der Waals surface area contributed by atoms with Crippen LogP contribution in [0.25, 0.3) is 151 Å². The molecule has 5 heterocycles. The lowest BCUT2D eigenvalue weighted by Gasteiger charge is -2.27. The van der Waals surface area contributed by atoms with Gasteiger partial charge in [0.05, 0.1) is 50.8 Å². The lowest BCUT2D eigenvalue weighted by Crippen LogP contribution is -2.05. The van der Waals surface area contributed by atoms with Crippen LogP contribution in [-0.4, -0.2) is 24.5 Å². The zero-order valence-corrected chi connectivity index (χ0v) is 50.0. The number of nitrogens with zero attached hydrogens (tertiary/aromatic N) is 6. The van der Waals surface area contributed by atoms with Gasteiger partial charge in [0.1, 0.15) is 6.07 Å². The summed E-state index contributed by atoms with van der Waals surface area (Å²) >= 11 is 0. The molecule has 0 unspecified atom stereocenters. The van der Waals surface area contributed by atoms with E-state index in [1.54, 1.807) is 0 Å². The third kappa shape index (κ3) is 10.3. The van der Waals surface area contributed by atoms with Crippen molar-refractivity contribution in [2.45, 2.75) is 20.8 Å². The van der Waals surface area contributed by atoms with Crippen LogP contribution in [-0.2, 0) is 0 Å². The molecule has 0 amide bonds. The van der Waals surface area contributed by atoms with Crippen molar-refractivity contribution in [1.29, 1.82) is 5.26 Å². The van der Waals surface area contributed by atoms with Crippen LogP contribution in [0.1, 0.15) is 22.5 Å². The molecular weight excluding hydrogens is 1090 g/mol. The summed E-state index contributed by atoms with van der Waals surface area (Å²) in [7, 11) is 0. The van der Waals surface area contributed by atoms with E-state index in [2.05, 4.69) is 292 Å². The van der Waals surface area contributed by atoms with E-state index in [0.717, 1.165) is 151 Å². The second-order valence-corrected chi connectivity index (χ2v) is 23.0. The summed E-state index contributed by atoms with van der Waals surface area (Å²) in [6.45, 7) is 6.26. The fourth-order valence-electron chi connectivity index (χ4n) is 13.0. The second-order valence-electron chi connectivity index (χ2n) is 23.0. The van der Waals surface area contributed by atoms with E-state index in [4.69, 9.17) is 19.9 Å². The quantitative estimate of drug-likeness (QED) is 0.122. The number of para-hydroxylation sites is 1. The molecule has 0 fully saturated rings. The highest BCUT2D eigenvalue weighted by atomic mass is 15.0. The first-order chi connectivity index (χ1) is 44.3. The summed E-state index contributed by atoms with van der Waals surface area (Å²) in [6.07, 6.45) is 0. The van der Waals surface area contributed by atoms with Crippen molar-refractivity contribution in [3.8, 4) is 135 Å². The highest BCUT2D eigenvalue weighted by Gasteiger charge is 2.31. The maximum Gasteiger partial charge on any atom is 0.100 e. The number of rotatable bonds is 12. The summed E-state index contributed by atoms with van der Waals surface area (Å²) in [5.41, 5.74) is 25.6. The Labute approximate surface area is 524 Å². The van der Waals surface area contributed by atoms with Crippen molar-refractivity contribution in [3.63, 3.8) is 0 Å². The third-order valence-corrected chi connectivity index (χ3v) is 17.0. The van der Waals surface area contributed by atoms with E-state index in [1.807, 2.05) is 36.4 Å². The minimum Gasteiger partial charge on any atom is -0.309 e. The molecule has 0 aliphatic carbocycles. The second kappa shape index (κ2) is 23.4. The van der Waals surface area contributed by atoms with Crippen LogP contribution in [0.2, 0.25) is 0 Å².